The van der Waals surface area contributed by atoms with Gasteiger partial charge in [0, 0.05) is 29.3 Å². The van der Waals surface area contributed by atoms with Crippen LogP contribution in [0, 0.1) is 6.92 Å². The molecule has 156 valence electrons. The van der Waals surface area contributed by atoms with E-state index in [1.807, 2.05) is 55.1 Å². The predicted octanol–water partition coefficient (Wildman–Crippen LogP) is 5.50. The minimum Gasteiger partial charge on any atom is -0.272 e. The highest BCUT2D eigenvalue weighted by atomic mass is 35.5. The highest BCUT2D eigenvalue weighted by Crippen LogP contribution is 2.30. The summed E-state index contributed by atoms with van der Waals surface area (Å²) in [7, 11) is 0. The number of carbonyl (C=O) groups is 1. The SMILES string of the molecule is CCn1cc(C=NNC(=O)c2cc(-c3ccc(Cl)c(Cl)c3)nc3ccccc23)c(C)n1. The Labute approximate surface area is 189 Å². The zero-order valence-corrected chi connectivity index (χ0v) is 18.4. The molecule has 8 heteroatoms. The number of halogens is 2. The van der Waals surface area contributed by atoms with Gasteiger partial charge in [0.15, 0.2) is 0 Å². The van der Waals surface area contributed by atoms with Gasteiger partial charge in [-0.25, -0.2) is 10.4 Å². The number of hydrogen-bond donors (Lipinski definition) is 1. The number of fused-ring (bicyclic) bond motifs is 1. The van der Waals surface area contributed by atoms with Crippen molar-refractivity contribution in [2.24, 2.45) is 5.10 Å². The largest absolute Gasteiger partial charge is 0.272 e. The highest BCUT2D eigenvalue weighted by Gasteiger charge is 2.14. The summed E-state index contributed by atoms with van der Waals surface area (Å²) in [5.41, 5.74) is 6.84. The second-order valence-corrected chi connectivity index (χ2v) is 7.74. The van der Waals surface area contributed by atoms with E-state index >= 15 is 0 Å². The third-order valence-electron chi connectivity index (χ3n) is 4.85. The number of aryl methyl sites for hydroxylation is 2. The van der Waals surface area contributed by atoms with Crippen molar-refractivity contribution in [2.75, 3.05) is 0 Å². The summed E-state index contributed by atoms with van der Waals surface area (Å²) in [5.74, 6) is -0.336. The van der Waals surface area contributed by atoms with Crippen molar-refractivity contribution < 1.29 is 4.79 Å². The molecule has 0 atom stereocenters. The molecular weight excluding hydrogens is 433 g/mol. The molecule has 0 spiro atoms. The van der Waals surface area contributed by atoms with Crippen molar-refractivity contribution in [1.82, 2.24) is 20.2 Å². The highest BCUT2D eigenvalue weighted by molar-refractivity contribution is 6.42. The van der Waals surface area contributed by atoms with Crippen molar-refractivity contribution in [1.29, 1.82) is 0 Å². The molecule has 31 heavy (non-hydrogen) atoms. The zero-order valence-electron chi connectivity index (χ0n) is 16.9. The van der Waals surface area contributed by atoms with E-state index in [2.05, 4.69) is 20.6 Å². The van der Waals surface area contributed by atoms with Crippen LogP contribution >= 0.6 is 23.2 Å². The van der Waals surface area contributed by atoms with Gasteiger partial charge in [0.1, 0.15) is 0 Å². The van der Waals surface area contributed by atoms with Crippen molar-refractivity contribution in [3.63, 3.8) is 0 Å². The molecular formula is C23H19Cl2N5O. The smallest absolute Gasteiger partial charge is 0.272 e. The molecule has 0 radical (unpaired) electrons. The summed E-state index contributed by atoms with van der Waals surface area (Å²) in [6.07, 6.45) is 3.48. The lowest BCUT2D eigenvalue weighted by molar-refractivity contribution is 0.0956. The number of nitrogens with zero attached hydrogens (tertiary/aromatic N) is 4. The first-order valence-electron chi connectivity index (χ1n) is 9.69. The Morgan fingerprint density at radius 2 is 1.97 bits per heavy atom. The molecule has 2 heterocycles. The van der Waals surface area contributed by atoms with E-state index < -0.39 is 0 Å². The Morgan fingerprint density at radius 3 is 2.71 bits per heavy atom. The number of pyridine rings is 1. The Bertz CT molecular complexity index is 1310. The van der Waals surface area contributed by atoms with Crippen LogP contribution in [0.5, 0.6) is 0 Å². The molecule has 0 saturated heterocycles. The molecule has 2 aromatic heterocycles. The summed E-state index contributed by atoms with van der Waals surface area (Å²) in [5, 5.41) is 10.1. The molecule has 0 bridgehead atoms. The Balaban J connectivity index is 1.68. The molecule has 0 saturated carbocycles. The van der Waals surface area contributed by atoms with E-state index in [4.69, 9.17) is 23.2 Å². The molecule has 6 nitrogen and oxygen atoms in total. The van der Waals surface area contributed by atoms with Gasteiger partial charge in [-0.3, -0.25) is 9.48 Å². The first-order chi connectivity index (χ1) is 15.0. The number of rotatable bonds is 5. The van der Waals surface area contributed by atoms with Crippen LogP contribution in [0.2, 0.25) is 10.0 Å². The van der Waals surface area contributed by atoms with Crippen LogP contribution in [0.15, 0.2) is 59.8 Å². The van der Waals surface area contributed by atoms with Gasteiger partial charge in [-0.2, -0.15) is 10.2 Å². The van der Waals surface area contributed by atoms with E-state index in [1.54, 1.807) is 24.4 Å². The molecule has 4 aromatic rings. The molecule has 0 unspecified atom stereocenters. The van der Waals surface area contributed by atoms with Gasteiger partial charge >= 0.3 is 0 Å². The number of hydrazone groups is 1. The average Bonchev–Trinajstić information content (AvgIpc) is 3.14. The molecule has 1 amide bonds. The van der Waals surface area contributed by atoms with Crippen molar-refractivity contribution in [3.8, 4) is 11.3 Å². The molecule has 1 N–H and O–H groups in total. The number of amides is 1. The summed E-state index contributed by atoms with van der Waals surface area (Å²) in [6.45, 7) is 4.67. The monoisotopic (exact) mass is 451 g/mol. The van der Waals surface area contributed by atoms with Gasteiger partial charge in [0.2, 0.25) is 0 Å². The summed E-state index contributed by atoms with van der Waals surface area (Å²) in [6, 6.07) is 14.4. The lowest BCUT2D eigenvalue weighted by atomic mass is 10.0. The Kier molecular flexibility index (Phi) is 6.02. The first-order valence-corrected chi connectivity index (χ1v) is 10.4. The maximum atomic E-state index is 13.0. The number of hydrogen-bond acceptors (Lipinski definition) is 4. The fourth-order valence-electron chi connectivity index (χ4n) is 3.21. The molecule has 0 aliphatic carbocycles. The van der Waals surface area contributed by atoms with Gasteiger partial charge in [0.25, 0.3) is 5.91 Å². The zero-order chi connectivity index (χ0) is 22.0. The van der Waals surface area contributed by atoms with Crippen molar-refractivity contribution in [2.45, 2.75) is 20.4 Å². The van der Waals surface area contributed by atoms with Crippen LogP contribution in [-0.4, -0.2) is 26.9 Å². The minimum absolute atomic E-state index is 0.336. The number of benzene rings is 2. The third-order valence-corrected chi connectivity index (χ3v) is 5.59. The number of nitrogens with one attached hydrogen (secondary N) is 1. The second kappa shape index (κ2) is 8.88. The maximum absolute atomic E-state index is 13.0. The first kappa shape index (κ1) is 21.0. The Morgan fingerprint density at radius 1 is 1.16 bits per heavy atom. The maximum Gasteiger partial charge on any atom is 0.272 e. The van der Waals surface area contributed by atoms with Crippen LogP contribution < -0.4 is 5.43 Å². The average molecular weight is 452 g/mol. The fourth-order valence-corrected chi connectivity index (χ4v) is 3.51. The Hall–Kier alpha value is -3.22. The van der Waals surface area contributed by atoms with Crippen molar-refractivity contribution >= 4 is 46.2 Å². The van der Waals surface area contributed by atoms with Gasteiger partial charge in [-0.1, -0.05) is 47.5 Å². The molecule has 4 rings (SSSR count). The van der Waals surface area contributed by atoms with E-state index in [9.17, 15) is 4.79 Å². The van der Waals surface area contributed by atoms with Crippen molar-refractivity contribution in [3.05, 3.63) is 81.6 Å². The number of para-hydroxylation sites is 1. The quantitative estimate of drug-likeness (QED) is 0.321. The molecule has 0 aliphatic heterocycles. The normalized spacial score (nSPS) is 11.4. The molecule has 2 aromatic carbocycles. The summed E-state index contributed by atoms with van der Waals surface area (Å²) >= 11 is 12.2. The summed E-state index contributed by atoms with van der Waals surface area (Å²) in [4.78, 5) is 17.7. The van der Waals surface area contributed by atoms with Gasteiger partial charge in [-0.15, -0.1) is 0 Å². The second-order valence-electron chi connectivity index (χ2n) is 6.93. The van der Waals surface area contributed by atoms with E-state index in [1.165, 1.54) is 0 Å². The van der Waals surface area contributed by atoms with Gasteiger partial charge < -0.3 is 0 Å². The van der Waals surface area contributed by atoms with Gasteiger partial charge in [0.05, 0.1) is 38.7 Å². The minimum atomic E-state index is -0.336. The van der Waals surface area contributed by atoms with Crippen LogP contribution in [0.25, 0.3) is 22.2 Å². The van der Waals surface area contributed by atoms with E-state index in [-0.39, 0.29) is 5.91 Å². The number of aromatic nitrogens is 3. The number of carbonyl (C=O) groups excluding carboxylic acids is 1. The van der Waals surface area contributed by atoms with Gasteiger partial charge in [-0.05, 0) is 38.1 Å². The predicted molar refractivity (Wildman–Crippen MR) is 125 cm³/mol. The standard InChI is InChI=1S/C23H19Cl2N5O/c1-3-30-13-16(14(2)29-30)12-26-28-23(31)18-11-22(15-8-9-19(24)20(25)10-15)27-21-7-5-4-6-17(18)21/h4-13H,3H2,1-2H3,(H,28,31). The third kappa shape index (κ3) is 4.45. The summed E-state index contributed by atoms with van der Waals surface area (Å²) < 4.78 is 1.82. The van der Waals surface area contributed by atoms with Crippen LogP contribution in [0.1, 0.15) is 28.5 Å². The van der Waals surface area contributed by atoms with E-state index in [0.717, 1.165) is 28.8 Å². The van der Waals surface area contributed by atoms with E-state index in [0.29, 0.717) is 26.8 Å². The molecule has 0 fully saturated rings. The lowest BCUT2D eigenvalue weighted by Crippen LogP contribution is -2.18. The van der Waals surface area contributed by atoms with Crippen LogP contribution in [0.3, 0.4) is 0 Å². The van der Waals surface area contributed by atoms with Crippen LogP contribution in [-0.2, 0) is 6.54 Å². The lowest BCUT2D eigenvalue weighted by Gasteiger charge is -2.09. The topological polar surface area (TPSA) is 72.2 Å². The fraction of sp³-hybridized carbons (Fsp3) is 0.130. The molecule has 0 aliphatic rings. The van der Waals surface area contributed by atoms with Crippen LogP contribution in [0.4, 0.5) is 0 Å².